The third kappa shape index (κ3) is 2.50. The minimum atomic E-state index is 0.379. The van der Waals surface area contributed by atoms with Crippen LogP contribution in [0.3, 0.4) is 0 Å². The van der Waals surface area contributed by atoms with Gasteiger partial charge in [-0.1, -0.05) is 24.3 Å². The third-order valence-electron chi connectivity index (χ3n) is 1.70. The molecular formula is C11H15N. The van der Waals surface area contributed by atoms with Crippen molar-refractivity contribution in [3.63, 3.8) is 0 Å². The van der Waals surface area contributed by atoms with Gasteiger partial charge in [-0.15, -0.1) is 0 Å². The van der Waals surface area contributed by atoms with E-state index in [0.717, 1.165) is 0 Å². The lowest BCUT2D eigenvalue weighted by molar-refractivity contribution is 0.841. The summed E-state index contributed by atoms with van der Waals surface area (Å²) in [5, 5.41) is 0. The van der Waals surface area contributed by atoms with E-state index in [1.807, 2.05) is 18.3 Å². The molecule has 0 saturated heterocycles. The van der Waals surface area contributed by atoms with Gasteiger partial charge in [0.2, 0.25) is 0 Å². The Kier molecular flexibility index (Phi) is 3.03. The van der Waals surface area contributed by atoms with Crippen molar-refractivity contribution in [2.24, 2.45) is 4.99 Å². The van der Waals surface area contributed by atoms with Crippen molar-refractivity contribution in [1.82, 2.24) is 0 Å². The zero-order valence-electron chi connectivity index (χ0n) is 7.91. The normalized spacial score (nSPS) is 11.3. The molecule has 0 radical (unpaired) electrons. The van der Waals surface area contributed by atoms with Gasteiger partial charge in [0.25, 0.3) is 0 Å². The molecule has 0 atom stereocenters. The molecule has 0 spiro atoms. The first-order valence-corrected chi connectivity index (χ1v) is 4.29. The van der Waals surface area contributed by atoms with E-state index in [-0.39, 0.29) is 0 Å². The highest BCUT2D eigenvalue weighted by molar-refractivity contribution is 5.81. The van der Waals surface area contributed by atoms with E-state index in [4.69, 9.17) is 0 Å². The fourth-order valence-electron chi connectivity index (χ4n) is 0.961. The van der Waals surface area contributed by atoms with Gasteiger partial charge >= 0.3 is 0 Å². The van der Waals surface area contributed by atoms with Crippen LogP contribution in [0.25, 0.3) is 0 Å². The van der Waals surface area contributed by atoms with Gasteiger partial charge in [0.15, 0.2) is 0 Å². The number of nitrogens with zero attached hydrogens (tertiary/aromatic N) is 1. The summed E-state index contributed by atoms with van der Waals surface area (Å²) in [5.41, 5.74) is 2.49. The molecule has 1 rings (SSSR count). The zero-order chi connectivity index (χ0) is 8.97. The maximum absolute atomic E-state index is 4.33. The Bertz CT molecular complexity index is 274. The Balaban J connectivity index is 2.82. The summed E-state index contributed by atoms with van der Waals surface area (Å²) in [4.78, 5) is 4.33. The minimum absolute atomic E-state index is 0.379. The number of aryl methyl sites for hydroxylation is 1. The van der Waals surface area contributed by atoms with Gasteiger partial charge in [0.05, 0.1) is 0 Å². The monoisotopic (exact) mass is 161 g/mol. The minimum Gasteiger partial charge on any atom is -0.290 e. The van der Waals surface area contributed by atoms with Gasteiger partial charge in [-0.2, -0.15) is 0 Å². The van der Waals surface area contributed by atoms with Crippen LogP contribution in [0.15, 0.2) is 29.3 Å². The van der Waals surface area contributed by atoms with Crippen molar-refractivity contribution in [3.8, 4) is 0 Å². The van der Waals surface area contributed by atoms with E-state index >= 15 is 0 Å². The van der Waals surface area contributed by atoms with Crippen LogP contribution in [0.1, 0.15) is 25.0 Å². The van der Waals surface area contributed by atoms with Gasteiger partial charge in [0.1, 0.15) is 0 Å². The average Bonchev–Trinajstić information content (AvgIpc) is 2.03. The van der Waals surface area contributed by atoms with Gasteiger partial charge in [0, 0.05) is 12.3 Å². The lowest BCUT2D eigenvalue weighted by atomic mass is 10.1. The summed E-state index contributed by atoms with van der Waals surface area (Å²) < 4.78 is 0. The molecule has 1 nitrogen and oxygen atoms in total. The van der Waals surface area contributed by atoms with Gasteiger partial charge in [-0.3, -0.25) is 4.99 Å². The Labute approximate surface area is 74.2 Å². The van der Waals surface area contributed by atoms with E-state index in [2.05, 4.69) is 37.9 Å². The van der Waals surface area contributed by atoms with Crippen LogP contribution >= 0.6 is 0 Å². The molecule has 0 heterocycles. The highest BCUT2D eigenvalue weighted by Gasteiger charge is 1.91. The molecule has 0 bridgehead atoms. The number of aliphatic imine (C=N–C) groups is 1. The van der Waals surface area contributed by atoms with Gasteiger partial charge in [-0.25, -0.2) is 0 Å². The van der Waals surface area contributed by atoms with E-state index in [0.29, 0.717) is 6.04 Å². The van der Waals surface area contributed by atoms with Crippen LogP contribution in [0.2, 0.25) is 0 Å². The quantitative estimate of drug-likeness (QED) is 0.591. The van der Waals surface area contributed by atoms with E-state index in [1.54, 1.807) is 0 Å². The summed E-state index contributed by atoms with van der Waals surface area (Å²) in [5.74, 6) is 0. The van der Waals surface area contributed by atoms with Crippen molar-refractivity contribution in [2.75, 3.05) is 0 Å². The third-order valence-corrected chi connectivity index (χ3v) is 1.70. The van der Waals surface area contributed by atoms with E-state index < -0.39 is 0 Å². The number of rotatable bonds is 2. The molecule has 0 unspecified atom stereocenters. The van der Waals surface area contributed by atoms with Gasteiger partial charge in [-0.05, 0) is 31.9 Å². The molecule has 1 heteroatoms. The summed E-state index contributed by atoms with van der Waals surface area (Å²) in [6.07, 6.45) is 1.94. The van der Waals surface area contributed by atoms with Crippen molar-refractivity contribution >= 4 is 6.21 Å². The fraction of sp³-hybridized carbons (Fsp3) is 0.364. The molecule has 0 aromatic heterocycles. The van der Waals surface area contributed by atoms with Gasteiger partial charge < -0.3 is 0 Å². The topological polar surface area (TPSA) is 12.4 Å². The Morgan fingerprint density at radius 1 is 1.25 bits per heavy atom. The highest BCUT2D eigenvalue weighted by atomic mass is 14.7. The zero-order valence-corrected chi connectivity index (χ0v) is 7.91. The van der Waals surface area contributed by atoms with Crippen LogP contribution in [0.5, 0.6) is 0 Å². The summed E-state index contributed by atoms with van der Waals surface area (Å²) in [6, 6.07) is 8.64. The standard InChI is InChI=1S/C11H15N/c1-9(2)12-8-11-7-5-4-6-10(11)3/h4-9H,1-3H3/b12-8-. The number of hydrogen-bond acceptors (Lipinski definition) is 1. The first-order chi connectivity index (χ1) is 5.70. The Hall–Kier alpha value is -1.11. The molecule has 0 aliphatic rings. The van der Waals surface area contributed by atoms with E-state index in [1.165, 1.54) is 11.1 Å². The second kappa shape index (κ2) is 4.05. The smallest absolute Gasteiger partial charge is 0.0443 e. The lowest BCUT2D eigenvalue weighted by Gasteiger charge is -1.99. The number of benzene rings is 1. The van der Waals surface area contributed by atoms with E-state index in [9.17, 15) is 0 Å². The fourth-order valence-corrected chi connectivity index (χ4v) is 0.961. The van der Waals surface area contributed by atoms with Crippen molar-refractivity contribution in [3.05, 3.63) is 35.4 Å². The van der Waals surface area contributed by atoms with Crippen LogP contribution in [-0.4, -0.2) is 12.3 Å². The predicted octanol–water partition coefficient (Wildman–Crippen LogP) is 2.82. The van der Waals surface area contributed by atoms with Crippen LogP contribution in [0.4, 0.5) is 0 Å². The van der Waals surface area contributed by atoms with Crippen LogP contribution in [0, 0.1) is 6.92 Å². The summed E-state index contributed by atoms with van der Waals surface area (Å²) in [7, 11) is 0. The van der Waals surface area contributed by atoms with Crippen molar-refractivity contribution < 1.29 is 0 Å². The Morgan fingerprint density at radius 3 is 2.50 bits per heavy atom. The Morgan fingerprint density at radius 2 is 1.92 bits per heavy atom. The largest absolute Gasteiger partial charge is 0.290 e. The lowest BCUT2D eigenvalue weighted by Crippen LogP contribution is -1.92. The number of hydrogen-bond donors (Lipinski definition) is 0. The second-order valence-electron chi connectivity index (χ2n) is 3.23. The first-order valence-electron chi connectivity index (χ1n) is 4.29. The molecule has 12 heavy (non-hydrogen) atoms. The van der Waals surface area contributed by atoms with Crippen LogP contribution in [-0.2, 0) is 0 Å². The predicted molar refractivity (Wildman–Crippen MR) is 53.9 cm³/mol. The SMILES string of the molecule is Cc1ccccc1/C=N\C(C)C. The van der Waals surface area contributed by atoms with Crippen molar-refractivity contribution in [2.45, 2.75) is 26.8 Å². The maximum Gasteiger partial charge on any atom is 0.0443 e. The maximum atomic E-state index is 4.33. The molecule has 64 valence electrons. The molecule has 0 aliphatic heterocycles. The molecule has 1 aromatic rings. The first kappa shape index (κ1) is 8.98. The second-order valence-corrected chi connectivity index (χ2v) is 3.23. The molecule has 0 aliphatic carbocycles. The summed E-state index contributed by atoms with van der Waals surface area (Å²) in [6.45, 7) is 6.26. The molecule has 1 aromatic carbocycles. The van der Waals surface area contributed by atoms with Crippen molar-refractivity contribution in [1.29, 1.82) is 0 Å². The summed E-state index contributed by atoms with van der Waals surface area (Å²) >= 11 is 0. The molecular weight excluding hydrogens is 146 g/mol. The molecule has 0 saturated carbocycles. The average molecular weight is 161 g/mol. The highest BCUT2D eigenvalue weighted by Crippen LogP contribution is 2.03. The van der Waals surface area contributed by atoms with Crippen LogP contribution < -0.4 is 0 Å². The molecule has 0 fully saturated rings. The molecule has 0 amide bonds. The molecule has 0 N–H and O–H groups in total.